The molecule has 1 fully saturated rings. The van der Waals surface area contributed by atoms with Crippen LogP contribution in [-0.2, 0) is 19.6 Å². The number of amides is 2. The van der Waals surface area contributed by atoms with E-state index in [0.717, 1.165) is 4.31 Å². The number of aromatic nitrogens is 2. The van der Waals surface area contributed by atoms with Gasteiger partial charge in [0, 0.05) is 18.3 Å². The lowest BCUT2D eigenvalue weighted by molar-refractivity contribution is -0.129. The number of ketones is 1. The summed E-state index contributed by atoms with van der Waals surface area (Å²) in [6.07, 6.45) is 2.33. The van der Waals surface area contributed by atoms with Gasteiger partial charge in [-0.1, -0.05) is 38.1 Å². The van der Waals surface area contributed by atoms with Gasteiger partial charge in [0.1, 0.15) is 11.8 Å². The van der Waals surface area contributed by atoms with Crippen LogP contribution in [0.25, 0.3) is 11.5 Å². The van der Waals surface area contributed by atoms with E-state index in [2.05, 4.69) is 20.6 Å². The van der Waals surface area contributed by atoms with E-state index >= 15 is 0 Å². The van der Waals surface area contributed by atoms with Crippen molar-refractivity contribution < 1.29 is 27.2 Å². The average molecular weight is 568 g/mol. The molecule has 40 heavy (non-hydrogen) atoms. The Balaban J connectivity index is 1.45. The maximum absolute atomic E-state index is 13.3. The van der Waals surface area contributed by atoms with Gasteiger partial charge in [-0.25, -0.2) is 18.4 Å². The fourth-order valence-corrected chi connectivity index (χ4v) is 5.87. The Kier molecular flexibility index (Phi) is 9.10. The zero-order valence-electron chi connectivity index (χ0n) is 22.7. The Bertz CT molecular complexity index is 1460. The summed E-state index contributed by atoms with van der Waals surface area (Å²) in [6, 6.07) is 11.9. The number of sulfonamides is 1. The van der Waals surface area contributed by atoms with Gasteiger partial charge in [0.05, 0.1) is 12.6 Å². The van der Waals surface area contributed by atoms with Crippen molar-refractivity contribution in [1.29, 1.82) is 0 Å². The van der Waals surface area contributed by atoms with Gasteiger partial charge in [0.15, 0.2) is 16.5 Å². The minimum absolute atomic E-state index is 0.0539. The van der Waals surface area contributed by atoms with Crippen LogP contribution >= 0.6 is 0 Å². The van der Waals surface area contributed by atoms with Crippen molar-refractivity contribution in [3.63, 3.8) is 0 Å². The second kappa shape index (κ2) is 12.5. The first-order chi connectivity index (χ1) is 19.1. The molecular weight excluding hydrogens is 534 g/mol. The number of benzene rings is 1. The van der Waals surface area contributed by atoms with Crippen molar-refractivity contribution in [3.05, 3.63) is 66.2 Å². The minimum atomic E-state index is -3.96. The Morgan fingerprint density at radius 1 is 1.12 bits per heavy atom. The van der Waals surface area contributed by atoms with Crippen molar-refractivity contribution in [2.45, 2.75) is 57.1 Å². The number of nitrogens with zero attached hydrogens (tertiary/aromatic N) is 3. The summed E-state index contributed by atoms with van der Waals surface area (Å²) in [4.78, 5) is 47.8. The highest BCUT2D eigenvalue weighted by molar-refractivity contribution is 7.89. The predicted molar refractivity (Wildman–Crippen MR) is 147 cm³/mol. The zero-order valence-corrected chi connectivity index (χ0v) is 23.5. The van der Waals surface area contributed by atoms with Gasteiger partial charge in [-0.2, -0.15) is 4.31 Å². The molecule has 0 saturated carbocycles. The van der Waals surface area contributed by atoms with Crippen LogP contribution in [0.4, 0.5) is 0 Å². The number of hydrogen-bond acceptors (Lipinski definition) is 8. The summed E-state index contributed by atoms with van der Waals surface area (Å²) in [7, 11) is -3.96. The van der Waals surface area contributed by atoms with Gasteiger partial charge < -0.3 is 15.1 Å². The molecule has 1 aliphatic rings. The van der Waals surface area contributed by atoms with Crippen molar-refractivity contribution in [1.82, 2.24) is 24.9 Å². The molecule has 1 saturated heterocycles. The van der Waals surface area contributed by atoms with Crippen molar-refractivity contribution in [3.8, 4) is 11.5 Å². The smallest absolute Gasteiger partial charge is 0.274 e. The largest absolute Gasteiger partial charge is 0.441 e. The first kappa shape index (κ1) is 29.1. The van der Waals surface area contributed by atoms with E-state index in [1.165, 1.54) is 12.3 Å². The molecular formula is C28H33N5O6S. The Labute approximate surface area is 233 Å². The summed E-state index contributed by atoms with van der Waals surface area (Å²) in [6.45, 7) is 5.20. The monoisotopic (exact) mass is 567 g/mol. The van der Waals surface area contributed by atoms with Gasteiger partial charge in [-0.05, 0) is 56.4 Å². The second-order valence-electron chi connectivity index (χ2n) is 10.1. The maximum Gasteiger partial charge on any atom is 0.274 e. The lowest BCUT2D eigenvalue weighted by atomic mass is 10.0. The molecule has 3 heterocycles. The number of nitrogens with one attached hydrogen (secondary N) is 2. The number of Topliss-reactive ketones (excluding diaryl/α,β-unsaturated/α-hetero) is 1. The fourth-order valence-electron chi connectivity index (χ4n) is 4.50. The molecule has 0 bridgehead atoms. The molecule has 212 valence electrons. The molecule has 0 spiro atoms. The molecule has 4 rings (SSSR count). The van der Waals surface area contributed by atoms with Gasteiger partial charge in [-0.3, -0.25) is 14.4 Å². The molecule has 12 heteroatoms. The van der Waals surface area contributed by atoms with E-state index < -0.39 is 39.7 Å². The second-order valence-corrected chi connectivity index (χ2v) is 12.0. The molecule has 0 aliphatic carbocycles. The molecule has 1 aliphatic heterocycles. The minimum Gasteiger partial charge on any atom is -0.441 e. The SMILES string of the molecule is Cc1oc(-c2ccccc2)nc1C(=O)NC(CC(C)C)C(=O)N[C@H]1CCCN(S(=O)(=O)c2ccccn2)CC1=O. The predicted octanol–water partition coefficient (Wildman–Crippen LogP) is 2.73. The van der Waals surface area contributed by atoms with Crippen LogP contribution in [0.5, 0.6) is 0 Å². The van der Waals surface area contributed by atoms with Crippen LogP contribution < -0.4 is 10.6 Å². The molecule has 2 aromatic heterocycles. The third-order valence-electron chi connectivity index (χ3n) is 6.54. The van der Waals surface area contributed by atoms with Crippen LogP contribution in [0.2, 0.25) is 0 Å². The maximum atomic E-state index is 13.3. The average Bonchev–Trinajstić information content (AvgIpc) is 3.23. The quantitative estimate of drug-likeness (QED) is 0.401. The highest BCUT2D eigenvalue weighted by Crippen LogP contribution is 2.22. The topological polar surface area (TPSA) is 152 Å². The van der Waals surface area contributed by atoms with Crippen LogP contribution in [0, 0.1) is 12.8 Å². The number of carbonyl (C=O) groups excluding carboxylic acids is 3. The van der Waals surface area contributed by atoms with E-state index in [0.29, 0.717) is 30.1 Å². The number of rotatable bonds is 9. The van der Waals surface area contributed by atoms with E-state index in [-0.39, 0.29) is 36.1 Å². The van der Waals surface area contributed by atoms with Crippen LogP contribution in [0.3, 0.4) is 0 Å². The molecule has 1 aromatic carbocycles. The lowest BCUT2D eigenvalue weighted by Crippen LogP contribution is -2.52. The molecule has 3 aromatic rings. The first-order valence-corrected chi connectivity index (χ1v) is 14.6. The van der Waals surface area contributed by atoms with E-state index in [1.807, 2.05) is 44.2 Å². The molecule has 2 N–H and O–H groups in total. The highest BCUT2D eigenvalue weighted by Gasteiger charge is 2.35. The third kappa shape index (κ3) is 6.80. The first-order valence-electron chi connectivity index (χ1n) is 13.1. The summed E-state index contributed by atoms with van der Waals surface area (Å²) in [5.41, 5.74) is 0.786. The number of oxazole rings is 1. The van der Waals surface area contributed by atoms with Gasteiger partial charge in [-0.15, -0.1) is 0 Å². The van der Waals surface area contributed by atoms with Gasteiger partial charge >= 0.3 is 0 Å². The zero-order chi connectivity index (χ0) is 28.9. The Morgan fingerprint density at radius 3 is 2.52 bits per heavy atom. The van der Waals surface area contributed by atoms with Crippen LogP contribution in [0.15, 0.2) is 64.2 Å². The number of aryl methyl sites for hydroxylation is 1. The Morgan fingerprint density at radius 2 is 1.85 bits per heavy atom. The van der Waals surface area contributed by atoms with Crippen LogP contribution in [-0.4, -0.2) is 65.5 Å². The summed E-state index contributed by atoms with van der Waals surface area (Å²) < 4.78 is 32.7. The summed E-state index contributed by atoms with van der Waals surface area (Å²) in [5, 5.41) is 5.35. The lowest BCUT2D eigenvalue weighted by Gasteiger charge is -2.23. The standard InChI is InChI=1S/C28H33N5O6S/c1-18(2)16-22(31-27(36)25-19(3)39-28(32-25)20-10-5-4-6-11-20)26(35)30-21-12-9-15-33(17-23(21)34)40(37,38)24-13-7-8-14-29-24/h4-8,10-11,13-14,18,21-22H,9,12,15-17H2,1-3H3,(H,30,35)(H,31,36)/t21-,22?/m0/s1. The molecule has 2 amide bonds. The van der Waals surface area contributed by atoms with Gasteiger partial charge in [0.2, 0.25) is 11.8 Å². The molecule has 0 radical (unpaired) electrons. The van der Waals surface area contributed by atoms with Gasteiger partial charge in [0.25, 0.3) is 15.9 Å². The summed E-state index contributed by atoms with van der Waals surface area (Å²) >= 11 is 0. The van der Waals surface area contributed by atoms with Crippen molar-refractivity contribution in [2.75, 3.05) is 13.1 Å². The summed E-state index contributed by atoms with van der Waals surface area (Å²) in [5.74, 6) is -0.858. The molecule has 11 nitrogen and oxygen atoms in total. The van der Waals surface area contributed by atoms with Crippen molar-refractivity contribution >= 4 is 27.6 Å². The number of carbonyl (C=O) groups is 3. The molecule has 1 unspecified atom stereocenters. The number of hydrogen-bond donors (Lipinski definition) is 2. The van der Waals surface area contributed by atoms with Crippen molar-refractivity contribution in [2.24, 2.45) is 5.92 Å². The normalized spacial score (nSPS) is 17.3. The third-order valence-corrected chi connectivity index (χ3v) is 8.30. The van der Waals surface area contributed by atoms with E-state index in [9.17, 15) is 22.8 Å². The van der Waals surface area contributed by atoms with E-state index in [4.69, 9.17) is 4.42 Å². The van der Waals surface area contributed by atoms with Crippen LogP contribution in [0.1, 0.15) is 49.4 Å². The molecule has 2 atom stereocenters. The highest BCUT2D eigenvalue weighted by atomic mass is 32.2. The van der Waals surface area contributed by atoms with E-state index in [1.54, 1.807) is 19.1 Å². The fraction of sp³-hybridized carbons (Fsp3) is 0.393. The number of pyridine rings is 1. The Hall–Kier alpha value is -3.90.